The number of nitrogens with one attached hydrogen (secondary N) is 2. The SMILES string of the molecule is Cl.O=C(NCCOC1CCCCCC1)C1CNCCO1. The van der Waals surface area contributed by atoms with Gasteiger partial charge in [-0.15, -0.1) is 12.4 Å². The van der Waals surface area contributed by atoms with Gasteiger partial charge in [-0.3, -0.25) is 4.79 Å². The average Bonchev–Trinajstić information content (AvgIpc) is 2.73. The normalized spacial score (nSPS) is 24.5. The van der Waals surface area contributed by atoms with Crippen molar-refractivity contribution in [3.05, 3.63) is 0 Å². The fourth-order valence-electron chi connectivity index (χ4n) is 2.66. The molecule has 0 aromatic heterocycles. The van der Waals surface area contributed by atoms with E-state index in [1.807, 2.05) is 0 Å². The summed E-state index contributed by atoms with van der Waals surface area (Å²) in [7, 11) is 0. The molecule has 1 unspecified atom stereocenters. The minimum Gasteiger partial charge on any atom is -0.376 e. The number of carbonyl (C=O) groups is 1. The molecule has 1 saturated carbocycles. The summed E-state index contributed by atoms with van der Waals surface area (Å²) in [6.07, 6.45) is 7.62. The van der Waals surface area contributed by atoms with Crippen LogP contribution in [0, 0.1) is 0 Å². The molecular weight excluding hydrogens is 280 g/mol. The molecule has 20 heavy (non-hydrogen) atoms. The van der Waals surface area contributed by atoms with E-state index in [0.29, 0.717) is 32.4 Å². The molecule has 118 valence electrons. The minimum atomic E-state index is -0.341. The number of hydrogen-bond acceptors (Lipinski definition) is 4. The highest BCUT2D eigenvalue weighted by Crippen LogP contribution is 2.19. The molecule has 2 rings (SSSR count). The zero-order chi connectivity index (χ0) is 13.3. The molecule has 1 saturated heterocycles. The molecule has 2 N–H and O–H groups in total. The van der Waals surface area contributed by atoms with Gasteiger partial charge in [0.25, 0.3) is 5.91 Å². The van der Waals surface area contributed by atoms with E-state index in [0.717, 1.165) is 6.54 Å². The molecule has 0 radical (unpaired) electrons. The number of hydrogen-bond donors (Lipinski definition) is 2. The third-order valence-corrected chi connectivity index (χ3v) is 3.78. The second-order valence-corrected chi connectivity index (χ2v) is 5.34. The van der Waals surface area contributed by atoms with Gasteiger partial charge in [-0.25, -0.2) is 0 Å². The molecule has 1 atom stereocenters. The molecule has 0 aromatic rings. The topological polar surface area (TPSA) is 59.6 Å². The first-order valence-corrected chi connectivity index (χ1v) is 7.58. The highest BCUT2D eigenvalue weighted by atomic mass is 35.5. The molecule has 1 aliphatic carbocycles. The maximum Gasteiger partial charge on any atom is 0.250 e. The van der Waals surface area contributed by atoms with Crippen LogP contribution in [0.25, 0.3) is 0 Å². The van der Waals surface area contributed by atoms with Gasteiger partial charge in [0, 0.05) is 19.6 Å². The number of amides is 1. The Morgan fingerprint density at radius 3 is 2.65 bits per heavy atom. The zero-order valence-electron chi connectivity index (χ0n) is 12.1. The summed E-state index contributed by atoms with van der Waals surface area (Å²) < 4.78 is 11.2. The smallest absolute Gasteiger partial charge is 0.250 e. The molecule has 1 amide bonds. The Kier molecular flexibility index (Phi) is 9.18. The Morgan fingerprint density at radius 2 is 2.00 bits per heavy atom. The standard InChI is InChI=1S/C14H26N2O3.ClH/c17-14(13-11-15-7-9-19-13)16-8-10-18-12-5-3-1-2-4-6-12;/h12-13,15H,1-11H2,(H,16,17);1H. The van der Waals surface area contributed by atoms with Crippen LogP contribution >= 0.6 is 12.4 Å². The summed E-state index contributed by atoms with van der Waals surface area (Å²) in [5.41, 5.74) is 0. The van der Waals surface area contributed by atoms with Crippen LogP contribution in [-0.4, -0.2) is 51.0 Å². The van der Waals surface area contributed by atoms with Gasteiger partial charge in [0.2, 0.25) is 0 Å². The summed E-state index contributed by atoms with van der Waals surface area (Å²) in [5.74, 6) is -0.0309. The number of halogens is 1. The van der Waals surface area contributed by atoms with Gasteiger partial charge in [-0.05, 0) is 12.8 Å². The molecule has 0 aromatic carbocycles. The number of rotatable bonds is 5. The van der Waals surface area contributed by atoms with Gasteiger partial charge >= 0.3 is 0 Å². The first-order chi connectivity index (χ1) is 9.36. The zero-order valence-corrected chi connectivity index (χ0v) is 12.9. The lowest BCUT2D eigenvalue weighted by atomic mass is 10.1. The second-order valence-electron chi connectivity index (χ2n) is 5.34. The predicted molar refractivity (Wildman–Crippen MR) is 80.3 cm³/mol. The van der Waals surface area contributed by atoms with Gasteiger partial charge in [-0.1, -0.05) is 25.7 Å². The third-order valence-electron chi connectivity index (χ3n) is 3.78. The number of carbonyl (C=O) groups excluding carboxylic acids is 1. The Hall–Kier alpha value is -0.360. The lowest BCUT2D eigenvalue weighted by molar-refractivity contribution is -0.134. The van der Waals surface area contributed by atoms with Crippen LogP contribution in [0.1, 0.15) is 38.5 Å². The molecule has 1 heterocycles. The van der Waals surface area contributed by atoms with Crippen molar-refractivity contribution in [3.63, 3.8) is 0 Å². The van der Waals surface area contributed by atoms with E-state index in [2.05, 4.69) is 10.6 Å². The Balaban J connectivity index is 0.00000200. The second kappa shape index (κ2) is 10.4. The summed E-state index contributed by atoms with van der Waals surface area (Å²) in [5, 5.41) is 6.03. The molecule has 0 spiro atoms. The molecule has 6 heteroatoms. The monoisotopic (exact) mass is 306 g/mol. The van der Waals surface area contributed by atoms with Crippen LogP contribution in [0.2, 0.25) is 0 Å². The van der Waals surface area contributed by atoms with E-state index in [4.69, 9.17) is 9.47 Å². The third kappa shape index (κ3) is 6.39. The molecule has 0 bridgehead atoms. The van der Waals surface area contributed by atoms with Crippen LogP contribution in [0.3, 0.4) is 0 Å². The van der Waals surface area contributed by atoms with Crippen molar-refractivity contribution in [1.82, 2.24) is 10.6 Å². The lowest BCUT2D eigenvalue weighted by Crippen LogP contribution is -2.48. The van der Waals surface area contributed by atoms with Crippen molar-refractivity contribution in [1.29, 1.82) is 0 Å². The number of morpholine rings is 1. The Bertz CT molecular complexity index is 265. The number of ether oxygens (including phenoxy) is 2. The van der Waals surface area contributed by atoms with Gasteiger partial charge in [0.05, 0.1) is 19.3 Å². The Labute approximate surface area is 127 Å². The van der Waals surface area contributed by atoms with E-state index < -0.39 is 0 Å². The van der Waals surface area contributed by atoms with Gasteiger partial charge in [0.1, 0.15) is 6.10 Å². The minimum absolute atomic E-state index is 0. The summed E-state index contributed by atoms with van der Waals surface area (Å²) in [6, 6.07) is 0. The van der Waals surface area contributed by atoms with E-state index in [1.54, 1.807) is 0 Å². The van der Waals surface area contributed by atoms with Crippen LogP contribution in [0.4, 0.5) is 0 Å². The highest BCUT2D eigenvalue weighted by molar-refractivity contribution is 5.85. The van der Waals surface area contributed by atoms with Crippen molar-refractivity contribution >= 4 is 18.3 Å². The fourth-order valence-corrected chi connectivity index (χ4v) is 2.66. The van der Waals surface area contributed by atoms with E-state index in [1.165, 1.54) is 38.5 Å². The maximum absolute atomic E-state index is 11.8. The largest absolute Gasteiger partial charge is 0.376 e. The van der Waals surface area contributed by atoms with Gasteiger partial charge < -0.3 is 20.1 Å². The van der Waals surface area contributed by atoms with Crippen molar-refractivity contribution < 1.29 is 14.3 Å². The molecule has 2 fully saturated rings. The van der Waals surface area contributed by atoms with E-state index >= 15 is 0 Å². The molecule has 1 aliphatic heterocycles. The van der Waals surface area contributed by atoms with E-state index in [-0.39, 0.29) is 24.4 Å². The van der Waals surface area contributed by atoms with Gasteiger partial charge in [0.15, 0.2) is 0 Å². The summed E-state index contributed by atoms with van der Waals surface area (Å²) in [4.78, 5) is 11.8. The van der Waals surface area contributed by atoms with Crippen LogP contribution in [0.15, 0.2) is 0 Å². The quantitative estimate of drug-likeness (QED) is 0.593. The first kappa shape index (κ1) is 17.7. The maximum atomic E-state index is 11.8. The summed E-state index contributed by atoms with van der Waals surface area (Å²) >= 11 is 0. The predicted octanol–water partition coefficient (Wildman–Crippen LogP) is 1.25. The van der Waals surface area contributed by atoms with Crippen molar-refractivity contribution in [2.45, 2.75) is 50.7 Å². The van der Waals surface area contributed by atoms with Crippen molar-refractivity contribution in [3.8, 4) is 0 Å². The Morgan fingerprint density at radius 1 is 1.25 bits per heavy atom. The highest BCUT2D eigenvalue weighted by Gasteiger charge is 2.21. The van der Waals surface area contributed by atoms with Crippen molar-refractivity contribution in [2.24, 2.45) is 0 Å². The lowest BCUT2D eigenvalue weighted by Gasteiger charge is -2.23. The first-order valence-electron chi connectivity index (χ1n) is 7.58. The fraction of sp³-hybridized carbons (Fsp3) is 0.929. The van der Waals surface area contributed by atoms with Gasteiger partial charge in [-0.2, -0.15) is 0 Å². The average molecular weight is 307 g/mol. The van der Waals surface area contributed by atoms with Crippen LogP contribution in [-0.2, 0) is 14.3 Å². The molecule has 2 aliphatic rings. The summed E-state index contributed by atoms with van der Waals surface area (Å²) in [6.45, 7) is 3.23. The van der Waals surface area contributed by atoms with Crippen LogP contribution < -0.4 is 10.6 Å². The van der Waals surface area contributed by atoms with E-state index in [9.17, 15) is 4.79 Å². The van der Waals surface area contributed by atoms with Crippen LogP contribution in [0.5, 0.6) is 0 Å². The molecule has 5 nitrogen and oxygen atoms in total. The van der Waals surface area contributed by atoms with Crippen molar-refractivity contribution in [2.75, 3.05) is 32.8 Å². The molecular formula is C14H27ClN2O3.